The molecule has 2 aromatic rings. The molecule has 1 aromatic heterocycles. The number of aromatic hydroxyl groups is 1. The molecule has 1 heterocycles. The minimum Gasteiger partial charge on any atom is -0.508 e. The first kappa shape index (κ1) is 13.5. The van der Waals surface area contributed by atoms with E-state index in [1.54, 1.807) is 36.2 Å². The number of aromatic nitrogens is 2. The minimum atomic E-state index is -0.0695. The molecule has 19 heavy (non-hydrogen) atoms. The maximum atomic E-state index is 12.3. The topological polar surface area (TPSA) is 66.3 Å². The molecule has 2 rings (SSSR count). The maximum Gasteiger partial charge on any atom is 0.267 e. The summed E-state index contributed by atoms with van der Waals surface area (Å²) in [5, 5.41) is 13.2. The lowest BCUT2D eigenvalue weighted by Crippen LogP contribution is -2.26. The van der Waals surface area contributed by atoms with Gasteiger partial charge in [0.2, 0.25) is 0 Å². The molecule has 5 nitrogen and oxygen atoms in total. The SMILES string of the molecule is CCc1nnsc1C(=O)N(C)Cc1ccc(O)cc1. The van der Waals surface area contributed by atoms with E-state index in [4.69, 9.17) is 0 Å². The summed E-state index contributed by atoms with van der Waals surface area (Å²) in [7, 11) is 1.74. The van der Waals surface area contributed by atoms with E-state index < -0.39 is 0 Å². The van der Waals surface area contributed by atoms with E-state index in [1.165, 1.54) is 0 Å². The number of phenolic OH excluding ortho intramolecular Hbond substituents is 1. The van der Waals surface area contributed by atoms with E-state index >= 15 is 0 Å². The highest BCUT2D eigenvalue weighted by molar-refractivity contribution is 7.07. The number of carbonyl (C=O) groups excluding carboxylic acids is 1. The molecule has 0 radical (unpaired) electrons. The van der Waals surface area contributed by atoms with Crippen molar-refractivity contribution in [3.05, 3.63) is 40.4 Å². The zero-order chi connectivity index (χ0) is 13.8. The van der Waals surface area contributed by atoms with Gasteiger partial charge in [0, 0.05) is 13.6 Å². The summed E-state index contributed by atoms with van der Waals surface area (Å²) >= 11 is 1.13. The van der Waals surface area contributed by atoms with Gasteiger partial charge in [-0.25, -0.2) is 0 Å². The fourth-order valence-corrected chi connectivity index (χ4v) is 2.47. The van der Waals surface area contributed by atoms with Gasteiger partial charge in [0.05, 0.1) is 5.69 Å². The zero-order valence-corrected chi connectivity index (χ0v) is 11.6. The second-order valence-corrected chi connectivity index (χ2v) is 4.98. The first-order valence-electron chi connectivity index (χ1n) is 5.96. The van der Waals surface area contributed by atoms with Gasteiger partial charge in [-0.3, -0.25) is 4.79 Å². The second-order valence-electron chi connectivity index (χ2n) is 4.23. The lowest BCUT2D eigenvalue weighted by molar-refractivity contribution is 0.0788. The molecule has 100 valence electrons. The Morgan fingerprint density at radius 3 is 2.68 bits per heavy atom. The first-order valence-corrected chi connectivity index (χ1v) is 6.73. The Morgan fingerprint density at radius 1 is 1.37 bits per heavy atom. The lowest BCUT2D eigenvalue weighted by Gasteiger charge is -2.16. The third-order valence-corrected chi connectivity index (χ3v) is 3.54. The van der Waals surface area contributed by atoms with Crippen LogP contribution in [0.2, 0.25) is 0 Å². The number of hydrogen-bond donors (Lipinski definition) is 1. The van der Waals surface area contributed by atoms with Crippen LogP contribution < -0.4 is 0 Å². The Balaban J connectivity index is 2.09. The standard InChI is InChI=1S/C13H15N3O2S/c1-3-11-12(19-15-14-11)13(18)16(2)8-9-4-6-10(17)7-5-9/h4-7,17H,3,8H2,1-2H3. The van der Waals surface area contributed by atoms with E-state index in [2.05, 4.69) is 9.59 Å². The number of hydrogen-bond acceptors (Lipinski definition) is 5. The van der Waals surface area contributed by atoms with Crippen LogP contribution in [-0.4, -0.2) is 32.5 Å². The van der Waals surface area contributed by atoms with Gasteiger partial charge in [0.15, 0.2) is 0 Å². The maximum absolute atomic E-state index is 12.3. The molecular weight excluding hydrogens is 262 g/mol. The molecule has 0 aliphatic heterocycles. The van der Waals surface area contributed by atoms with Gasteiger partial charge in [-0.1, -0.05) is 23.5 Å². The van der Waals surface area contributed by atoms with Crippen LogP contribution in [0.5, 0.6) is 5.75 Å². The Kier molecular flexibility index (Phi) is 4.11. The fraction of sp³-hybridized carbons (Fsp3) is 0.308. The number of benzene rings is 1. The van der Waals surface area contributed by atoms with E-state index in [9.17, 15) is 9.90 Å². The molecule has 0 aliphatic carbocycles. The van der Waals surface area contributed by atoms with Crippen LogP contribution in [0, 0.1) is 0 Å². The highest BCUT2D eigenvalue weighted by Gasteiger charge is 2.18. The summed E-state index contributed by atoms with van der Waals surface area (Å²) in [5.41, 5.74) is 1.71. The molecule has 0 spiro atoms. The van der Waals surface area contributed by atoms with Crippen LogP contribution in [0.25, 0.3) is 0 Å². The predicted molar refractivity (Wildman–Crippen MR) is 73.2 cm³/mol. The summed E-state index contributed by atoms with van der Waals surface area (Å²) < 4.78 is 3.83. The summed E-state index contributed by atoms with van der Waals surface area (Å²) in [6.07, 6.45) is 0.699. The number of aryl methyl sites for hydroxylation is 1. The first-order chi connectivity index (χ1) is 9.11. The van der Waals surface area contributed by atoms with E-state index in [0.29, 0.717) is 17.8 Å². The quantitative estimate of drug-likeness (QED) is 0.929. The third-order valence-electron chi connectivity index (χ3n) is 2.79. The molecule has 0 bridgehead atoms. The molecule has 0 unspecified atom stereocenters. The van der Waals surface area contributed by atoms with E-state index in [1.807, 2.05) is 6.92 Å². The average Bonchev–Trinajstić information content (AvgIpc) is 2.88. The predicted octanol–water partition coefficient (Wildman–Crippen LogP) is 2.08. The lowest BCUT2D eigenvalue weighted by atomic mass is 10.2. The summed E-state index contributed by atoms with van der Waals surface area (Å²) in [6, 6.07) is 6.81. The molecule has 6 heteroatoms. The third kappa shape index (κ3) is 3.08. The van der Waals surface area contributed by atoms with Gasteiger partial charge < -0.3 is 10.0 Å². The Labute approximate surface area is 115 Å². The minimum absolute atomic E-state index is 0.0695. The van der Waals surface area contributed by atoms with Crippen molar-refractivity contribution in [2.45, 2.75) is 19.9 Å². The van der Waals surface area contributed by atoms with Gasteiger partial charge in [-0.15, -0.1) is 5.10 Å². The molecule has 0 fully saturated rings. The summed E-state index contributed by atoms with van der Waals surface area (Å²) in [6.45, 7) is 2.44. The fourth-order valence-electron chi connectivity index (χ4n) is 1.72. The highest BCUT2D eigenvalue weighted by atomic mass is 32.1. The van der Waals surface area contributed by atoms with Crippen molar-refractivity contribution in [1.82, 2.24) is 14.5 Å². The molecule has 0 saturated carbocycles. The molecule has 0 atom stereocenters. The number of nitrogens with zero attached hydrogens (tertiary/aromatic N) is 3. The highest BCUT2D eigenvalue weighted by Crippen LogP contribution is 2.16. The van der Waals surface area contributed by atoms with Crippen molar-refractivity contribution in [3.63, 3.8) is 0 Å². The number of amides is 1. The molecular formula is C13H15N3O2S. The van der Waals surface area contributed by atoms with Crippen LogP contribution in [0.3, 0.4) is 0 Å². The van der Waals surface area contributed by atoms with Crippen molar-refractivity contribution < 1.29 is 9.90 Å². The van der Waals surface area contributed by atoms with Crippen molar-refractivity contribution in [1.29, 1.82) is 0 Å². The van der Waals surface area contributed by atoms with Crippen molar-refractivity contribution in [2.24, 2.45) is 0 Å². The summed E-state index contributed by atoms with van der Waals surface area (Å²) in [4.78, 5) is 14.5. The number of rotatable bonds is 4. The molecule has 0 aliphatic rings. The van der Waals surface area contributed by atoms with Crippen molar-refractivity contribution in [3.8, 4) is 5.75 Å². The Morgan fingerprint density at radius 2 is 2.05 bits per heavy atom. The van der Waals surface area contributed by atoms with Crippen LogP contribution in [0.4, 0.5) is 0 Å². The Hall–Kier alpha value is -1.95. The molecule has 1 aromatic carbocycles. The van der Waals surface area contributed by atoms with E-state index in [-0.39, 0.29) is 11.7 Å². The largest absolute Gasteiger partial charge is 0.508 e. The van der Waals surface area contributed by atoms with Crippen molar-refractivity contribution >= 4 is 17.4 Å². The van der Waals surface area contributed by atoms with Gasteiger partial charge in [0.1, 0.15) is 10.6 Å². The smallest absolute Gasteiger partial charge is 0.267 e. The van der Waals surface area contributed by atoms with Crippen LogP contribution in [0.15, 0.2) is 24.3 Å². The summed E-state index contributed by atoms with van der Waals surface area (Å²) in [5.74, 6) is 0.151. The van der Waals surface area contributed by atoms with E-state index in [0.717, 1.165) is 22.8 Å². The van der Waals surface area contributed by atoms with Crippen LogP contribution in [-0.2, 0) is 13.0 Å². The van der Waals surface area contributed by atoms with Gasteiger partial charge in [-0.2, -0.15) is 0 Å². The van der Waals surface area contributed by atoms with Gasteiger partial charge in [0.25, 0.3) is 5.91 Å². The zero-order valence-electron chi connectivity index (χ0n) is 10.8. The van der Waals surface area contributed by atoms with Crippen LogP contribution >= 0.6 is 11.5 Å². The van der Waals surface area contributed by atoms with Gasteiger partial charge in [-0.05, 0) is 35.6 Å². The van der Waals surface area contributed by atoms with Crippen LogP contribution in [0.1, 0.15) is 27.9 Å². The van der Waals surface area contributed by atoms with Crippen molar-refractivity contribution in [2.75, 3.05) is 7.05 Å². The average molecular weight is 277 g/mol. The molecule has 1 N–H and O–H groups in total. The number of phenols is 1. The molecule has 1 amide bonds. The second kappa shape index (κ2) is 5.79. The Bertz CT molecular complexity index is 566. The number of carbonyl (C=O) groups is 1. The molecule has 0 saturated heterocycles. The normalized spacial score (nSPS) is 10.4. The van der Waals surface area contributed by atoms with Gasteiger partial charge >= 0.3 is 0 Å². The monoisotopic (exact) mass is 277 g/mol.